The minimum absolute atomic E-state index is 0.0278. The fraction of sp³-hybridized carbons (Fsp3) is 0.452. The molecule has 2 aliphatic rings. The van der Waals surface area contributed by atoms with Gasteiger partial charge >= 0.3 is 12.1 Å². The maximum absolute atomic E-state index is 12.2. The minimum atomic E-state index is -0.606. The molecule has 0 saturated carbocycles. The van der Waals surface area contributed by atoms with Crippen LogP contribution in [0, 0.1) is 0 Å². The largest absolute Gasteiger partial charge is 0.449 e. The molecule has 1 heterocycles. The Bertz CT molecular complexity index is 1200. The van der Waals surface area contributed by atoms with Gasteiger partial charge in [0.25, 0.3) is 11.8 Å². The predicted molar refractivity (Wildman–Crippen MR) is 150 cm³/mol. The van der Waals surface area contributed by atoms with Crippen LogP contribution in [0.2, 0.25) is 0 Å². The van der Waals surface area contributed by atoms with Crippen molar-refractivity contribution in [2.75, 3.05) is 19.7 Å². The van der Waals surface area contributed by atoms with Crippen LogP contribution in [-0.4, -0.2) is 54.5 Å². The third-order valence-electron chi connectivity index (χ3n) is 7.27. The van der Waals surface area contributed by atoms with Gasteiger partial charge < -0.3 is 20.2 Å². The van der Waals surface area contributed by atoms with E-state index in [1.54, 1.807) is 0 Å². The second kappa shape index (κ2) is 15.0. The molecule has 4 amide bonds. The number of amides is 4. The lowest BCUT2D eigenvalue weighted by molar-refractivity contribution is -0.197. The molecule has 1 aliphatic carbocycles. The van der Waals surface area contributed by atoms with Crippen molar-refractivity contribution in [3.63, 3.8) is 0 Å². The first-order valence-corrected chi connectivity index (χ1v) is 14.4. The average Bonchev–Trinajstić information content (AvgIpc) is 3.47. The fourth-order valence-corrected chi connectivity index (χ4v) is 5.12. The van der Waals surface area contributed by atoms with E-state index in [4.69, 9.17) is 9.57 Å². The summed E-state index contributed by atoms with van der Waals surface area (Å²) in [6.07, 6.45) is 4.47. The number of carbonyl (C=O) groups excluding carboxylic acids is 5. The Morgan fingerprint density at radius 3 is 1.93 bits per heavy atom. The van der Waals surface area contributed by atoms with Gasteiger partial charge in [0, 0.05) is 44.7 Å². The fourth-order valence-electron chi connectivity index (χ4n) is 5.12. The number of hydroxylamine groups is 2. The lowest BCUT2D eigenvalue weighted by Crippen LogP contribution is -2.31. The Kier molecular flexibility index (Phi) is 10.9. The van der Waals surface area contributed by atoms with Gasteiger partial charge in [-0.25, -0.2) is 9.59 Å². The van der Waals surface area contributed by atoms with Gasteiger partial charge in [0.2, 0.25) is 5.91 Å². The van der Waals surface area contributed by atoms with Crippen LogP contribution >= 0.6 is 0 Å². The van der Waals surface area contributed by atoms with Gasteiger partial charge in [-0.1, -0.05) is 61.4 Å². The van der Waals surface area contributed by atoms with Gasteiger partial charge in [-0.2, -0.15) is 0 Å². The number of hydrogen-bond acceptors (Lipinski definition) is 7. The van der Waals surface area contributed by atoms with Gasteiger partial charge in [-0.3, -0.25) is 14.4 Å². The van der Waals surface area contributed by atoms with Gasteiger partial charge in [0.1, 0.15) is 6.61 Å². The van der Waals surface area contributed by atoms with E-state index >= 15 is 0 Å². The zero-order valence-corrected chi connectivity index (χ0v) is 23.2. The Morgan fingerprint density at radius 1 is 0.732 bits per heavy atom. The van der Waals surface area contributed by atoms with Crippen molar-refractivity contribution in [2.45, 2.75) is 70.1 Å². The number of fused-ring (bicyclic) bond motifs is 3. The predicted octanol–water partition coefficient (Wildman–Crippen LogP) is 4.37. The first kappa shape index (κ1) is 29.8. The van der Waals surface area contributed by atoms with Crippen molar-refractivity contribution in [1.29, 1.82) is 0 Å². The summed E-state index contributed by atoms with van der Waals surface area (Å²) < 4.78 is 5.54. The molecule has 10 nitrogen and oxygen atoms in total. The minimum Gasteiger partial charge on any atom is -0.449 e. The topological polar surface area (TPSA) is 131 Å². The van der Waals surface area contributed by atoms with Crippen molar-refractivity contribution >= 4 is 29.8 Å². The quantitative estimate of drug-likeness (QED) is 0.243. The lowest BCUT2D eigenvalue weighted by Gasteiger charge is -2.14. The van der Waals surface area contributed by atoms with Crippen molar-refractivity contribution in [1.82, 2.24) is 15.7 Å². The molecule has 0 aromatic heterocycles. The van der Waals surface area contributed by atoms with Crippen molar-refractivity contribution < 1.29 is 33.5 Å². The molecule has 4 rings (SSSR count). The zero-order chi connectivity index (χ0) is 29.0. The van der Waals surface area contributed by atoms with E-state index in [0.717, 1.165) is 19.3 Å². The highest BCUT2D eigenvalue weighted by Crippen LogP contribution is 2.44. The van der Waals surface area contributed by atoms with E-state index in [1.807, 2.05) is 24.3 Å². The smallest absolute Gasteiger partial charge is 0.407 e. The molecule has 1 fully saturated rings. The molecule has 1 aliphatic heterocycles. The molecule has 1 saturated heterocycles. The van der Waals surface area contributed by atoms with E-state index in [2.05, 4.69) is 34.9 Å². The Morgan fingerprint density at radius 2 is 1.29 bits per heavy atom. The SMILES string of the molecule is O=C(CCCCCNC(=O)OCC1c2ccccc2-c2ccccc21)NCCCCCC(=O)ON1C(=O)CCC1=O. The molecule has 10 heteroatoms. The summed E-state index contributed by atoms with van der Waals surface area (Å²) in [5.74, 6) is -1.58. The third-order valence-corrected chi connectivity index (χ3v) is 7.27. The molecule has 0 atom stereocenters. The van der Waals surface area contributed by atoms with Gasteiger partial charge in [0.05, 0.1) is 0 Å². The molecule has 41 heavy (non-hydrogen) atoms. The van der Waals surface area contributed by atoms with Crippen LogP contribution < -0.4 is 10.6 Å². The number of carbonyl (C=O) groups is 5. The number of unbranched alkanes of at least 4 members (excludes halogenated alkanes) is 4. The summed E-state index contributed by atoms with van der Waals surface area (Å²) in [7, 11) is 0. The summed E-state index contributed by atoms with van der Waals surface area (Å²) in [6.45, 7) is 1.28. The van der Waals surface area contributed by atoms with E-state index in [0.29, 0.717) is 43.8 Å². The Balaban J connectivity index is 0.985. The Hall–Kier alpha value is -4.21. The molecule has 0 spiro atoms. The molecular weight excluding hydrogens is 526 g/mol. The number of benzene rings is 2. The lowest BCUT2D eigenvalue weighted by atomic mass is 9.98. The van der Waals surface area contributed by atoms with Crippen LogP contribution in [0.15, 0.2) is 48.5 Å². The van der Waals surface area contributed by atoms with Gasteiger partial charge in [-0.15, -0.1) is 5.06 Å². The summed E-state index contributed by atoms with van der Waals surface area (Å²) in [6, 6.07) is 16.4. The number of alkyl carbamates (subject to hydrolysis) is 1. The Labute approximate surface area is 239 Å². The summed E-state index contributed by atoms with van der Waals surface area (Å²) in [4.78, 5) is 63.7. The first-order valence-electron chi connectivity index (χ1n) is 14.4. The molecule has 0 unspecified atom stereocenters. The second-order valence-electron chi connectivity index (χ2n) is 10.3. The molecule has 0 bridgehead atoms. The molecule has 2 N–H and O–H groups in total. The van der Waals surface area contributed by atoms with Crippen LogP contribution in [0.4, 0.5) is 4.79 Å². The van der Waals surface area contributed by atoms with Crippen LogP contribution in [0.25, 0.3) is 11.1 Å². The van der Waals surface area contributed by atoms with Gasteiger partial charge in [0.15, 0.2) is 0 Å². The summed E-state index contributed by atoms with van der Waals surface area (Å²) in [5.41, 5.74) is 4.73. The van der Waals surface area contributed by atoms with Crippen LogP contribution in [0.1, 0.15) is 81.3 Å². The van der Waals surface area contributed by atoms with Crippen LogP contribution in [-0.2, 0) is 28.8 Å². The monoisotopic (exact) mass is 563 g/mol. The van der Waals surface area contributed by atoms with E-state index in [-0.39, 0.29) is 37.7 Å². The van der Waals surface area contributed by atoms with Crippen LogP contribution in [0.3, 0.4) is 0 Å². The van der Waals surface area contributed by atoms with E-state index in [9.17, 15) is 24.0 Å². The third kappa shape index (κ3) is 8.39. The number of ether oxygens (including phenoxy) is 1. The maximum Gasteiger partial charge on any atom is 0.407 e. The summed E-state index contributed by atoms with van der Waals surface area (Å²) >= 11 is 0. The molecule has 2 aromatic carbocycles. The average molecular weight is 564 g/mol. The highest BCUT2D eigenvalue weighted by molar-refractivity contribution is 6.01. The number of nitrogens with one attached hydrogen (secondary N) is 2. The molecule has 2 aromatic rings. The number of nitrogens with zero attached hydrogens (tertiary/aromatic N) is 1. The molecule has 218 valence electrons. The normalized spacial score (nSPS) is 14.0. The first-order chi connectivity index (χ1) is 19.9. The summed E-state index contributed by atoms with van der Waals surface area (Å²) in [5, 5.41) is 6.22. The van der Waals surface area contributed by atoms with E-state index in [1.165, 1.54) is 22.3 Å². The maximum atomic E-state index is 12.2. The highest BCUT2D eigenvalue weighted by atomic mass is 16.7. The number of rotatable bonds is 15. The van der Waals surface area contributed by atoms with Crippen molar-refractivity contribution in [2.24, 2.45) is 0 Å². The molecular formula is C31H37N3O7. The van der Waals surface area contributed by atoms with Crippen molar-refractivity contribution in [3.8, 4) is 11.1 Å². The van der Waals surface area contributed by atoms with E-state index < -0.39 is 23.9 Å². The second-order valence-corrected chi connectivity index (χ2v) is 10.3. The number of hydrogen-bond donors (Lipinski definition) is 2. The zero-order valence-electron chi connectivity index (χ0n) is 23.2. The van der Waals surface area contributed by atoms with Crippen molar-refractivity contribution in [3.05, 3.63) is 59.7 Å². The van der Waals surface area contributed by atoms with Gasteiger partial charge in [-0.05, 0) is 47.9 Å². The highest BCUT2D eigenvalue weighted by Gasteiger charge is 2.32. The number of imide groups is 1. The standard InChI is InChI=1S/C31H37N3O7/c35-27(32-19-9-2-4-16-30(38)41-34-28(36)17-18-29(34)37)15-3-1-10-20-33-31(39)40-21-26-24-13-7-5-11-22(24)23-12-6-8-14-25(23)26/h5-8,11-14,26H,1-4,9-10,15-21H2,(H,32,35)(H,33,39). The molecule has 0 radical (unpaired) electrons. The van der Waals surface area contributed by atoms with Crippen LogP contribution in [0.5, 0.6) is 0 Å².